The van der Waals surface area contributed by atoms with Crippen molar-refractivity contribution in [1.82, 2.24) is 10.3 Å². The largest absolute Gasteiger partial charge is 0.486 e. The Hall–Kier alpha value is -3.48. The fourth-order valence-corrected chi connectivity index (χ4v) is 3.33. The van der Waals surface area contributed by atoms with E-state index in [1.165, 1.54) is 6.92 Å². The lowest BCUT2D eigenvalue weighted by Crippen LogP contribution is -2.44. The van der Waals surface area contributed by atoms with E-state index in [9.17, 15) is 9.59 Å². The number of aromatic nitrogens is 1. The number of hydrogen-bond acceptors (Lipinski definition) is 4. The van der Waals surface area contributed by atoms with Crippen molar-refractivity contribution in [2.75, 3.05) is 18.5 Å². The van der Waals surface area contributed by atoms with E-state index in [-0.39, 0.29) is 11.8 Å². The number of H-pyrrole nitrogens is 1. The second kappa shape index (κ2) is 7.64. The zero-order chi connectivity index (χ0) is 19.5. The lowest BCUT2D eigenvalue weighted by atomic mass is 10.0. The van der Waals surface area contributed by atoms with Gasteiger partial charge in [0.25, 0.3) is 0 Å². The summed E-state index contributed by atoms with van der Waals surface area (Å²) < 4.78 is 11.1. The summed E-state index contributed by atoms with van der Waals surface area (Å²) in [6, 6.07) is 12.4. The zero-order valence-corrected chi connectivity index (χ0v) is 15.5. The van der Waals surface area contributed by atoms with Crippen LogP contribution in [-0.4, -0.2) is 36.1 Å². The Labute approximate surface area is 162 Å². The molecule has 3 N–H and O–H groups in total. The van der Waals surface area contributed by atoms with Gasteiger partial charge < -0.3 is 25.1 Å². The van der Waals surface area contributed by atoms with E-state index in [0.29, 0.717) is 36.8 Å². The third-order valence-electron chi connectivity index (χ3n) is 4.60. The van der Waals surface area contributed by atoms with E-state index in [2.05, 4.69) is 15.6 Å². The zero-order valence-electron chi connectivity index (χ0n) is 15.5. The molecule has 1 atom stereocenters. The molecule has 0 fully saturated rings. The van der Waals surface area contributed by atoms with Crippen LogP contribution < -0.4 is 20.1 Å². The summed E-state index contributed by atoms with van der Waals surface area (Å²) in [4.78, 5) is 27.7. The first kappa shape index (κ1) is 17.9. The van der Waals surface area contributed by atoms with Crippen molar-refractivity contribution < 1.29 is 19.1 Å². The molecular formula is C21H21N3O4. The van der Waals surface area contributed by atoms with Crippen molar-refractivity contribution in [3.63, 3.8) is 0 Å². The monoisotopic (exact) mass is 379 g/mol. The molecule has 7 nitrogen and oxygen atoms in total. The van der Waals surface area contributed by atoms with Gasteiger partial charge in [-0.3, -0.25) is 9.59 Å². The fourth-order valence-electron chi connectivity index (χ4n) is 3.33. The molecule has 1 aliphatic heterocycles. The summed E-state index contributed by atoms with van der Waals surface area (Å²) in [6.45, 7) is 2.38. The van der Waals surface area contributed by atoms with Crippen molar-refractivity contribution >= 4 is 28.4 Å². The first-order valence-corrected chi connectivity index (χ1v) is 9.13. The Morgan fingerprint density at radius 2 is 1.89 bits per heavy atom. The summed E-state index contributed by atoms with van der Waals surface area (Å²) >= 11 is 0. The van der Waals surface area contributed by atoms with Gasteiger partial charge in [-0.1, -0.05) is 18.2 Å². The average Bonchev–Trinajstić information content (AvgIpc) is 3.10. The highest BCUT2D eigenvalue weighted by Crippen LogP contribution is 2.32. The van der Waals surface area contributed by atoms with Crippen LogP contribution in [0.1, 0.15) is 12.5 Å². The number of anilines is 1. The average molecular weight is 379 g/mol. The molecule has 0 saturated heterocycles. The van der Waals surface area contributed by atoms with E-state index in [1.54, 1.807) is 18.2 Å². The van der Waals surface area contributed by atoms with Crippen LogP contribution >= 0.6 is 0 Å². The summed E-state index contributed by atoms with van der Waals surface area (Å²) in [5, 5.41) is 6.64. The Morgan fingerprint density at radius 1 is 1.11 bits per heavy atom. The predicted octanol–water partition coefficient (Wildman–Crippen LogP) is 2.63. The van der Waals surface area contributed by atoms with Gasteiger partial charge in [0.05, 0.1) is 0 Å². The van der Waals surface area contributed by atoms with E-state index >= 15 is 0 Å². The van der Waals surface area contributed by atoms with Gasteiger partial charge in [-0.25, -0.2) is 0 Å². The second-order valence-corrected chi connectivity index (χ2v) is 6.66. The molecule has 0 radical (unpaired) electrons. The van der Waals surface area contributed by atoms with Crippen LogP contribution in [0.4, 0.5) is 5.69 Å². The van der Waals surface area contributed by atoms with Gasteiger partial charge in [0, 0.05) is 42.2 Å². The Balaban J connectivity index is 1.53. The molecule has 7 heteroatoms. The van der Waals surface area contributed by atoms with Crippen molar-refractivity contribution in [3.8, 4) is 11.5 Å². The van der Waals surface area contributed by atoms with Crippen LogP contribution in [0, 0.1) is 0 Å². The molecule has 3 aromatic rings. The minimum absolute atomic E-state index is 0.262. The van der Waals surface area contributed by atoms with Crippen molar-refractivity contribution in [1.29, 1.82) is 0 Å². The maximum atomic E-state index is 12.9. The van der Waals surface area contributed by atoms with Crippen molar-refractivity contribution in [2.45, 2.75) is 19.4 Å². The molecular weight excluding hydrogens is 358 g/mol. The highest BCUT2D eigenvalue weighted by molar-refractivity contribution is 5.98. The normalized spacial score (nSPS) is 13.8. The van der Waals surface area contributed by atoms with E-state index in [4.69, 9.17) is 9.47 Å². The van der Waals surface area contributed by atoms with Gasteiger partial charge in [0.2, 0.25) is 11.8 Å². The number of amides is 2. The van der Waals surface area contributed by atoms with Crippen LogP contribution in [0.15, 0.2) is 48.7 Å². The first-order valence-electron chi connectivity index (χ1n) is 9.13. The predicted molar refractivity (Wildman–Crippen MR) is 106 cm³/mol. The Morgan fingerprint density at radius 3 is 2.71 bits per heavy atom. The molecule has 2 aromatic carbocycles. The summed E-state index contributed by atoms with van der Waals surface area (Å²) in [5.74, 6) is 0.692. The first-order chi connectivity index (χ1) is 13.6. The number of aromatic amines is 1. The van der Waals surface area contributed by atoms with Gasteiger partial charge in [-0.05, 0) is 23.8 Å². The number of carbonyl (C=O) groups excluding carboxylic acids is 2. The minimum atomic E-state index is -0.704. The third-order valence-corrected chi connectivity index (χ3v) is 4.60. The van der Waals surface area contributed by atoms with Crippen molar-refractivity contribution in [2.24, 2.45) is 0 Å². The van der Waals surface area contributed by atoms with E-state index < -0.39 is 6.04 Å². The number of hydrogen-bond donors (Lipinski definition) is 3. The quantitative estimate of drug-likeness (QED) is 0.635. The molecule has 0 bridgehead atoms. The molecule has 2 amide bonds. The SMILES string of the molecule is CC(=O)NC(Cc1c[nH]c2ccccc12)C(=O)Nc1ccc2c(c1)OCCO2. The maximum absolute atomic E-state index is 12.9. The van der Waals surface area contributed by atoms with Crippen molar-refractivity contribution in [3.05, 3.63) is 54.2 Å². The number of benzene rings is 2. The number of carbonyl (C=O) groups is 2. The molecule has 1 aliphatic rings. The molecule has 4 rings (SSSR count). The highest BCUT2D eigenvalue weighted by atomic mass is 16.6. The number of fused-ring (bicyclic) bond motifs is 2. The highest BCUT2D eigenvalue weighted by Gasteiger charge is 2.22. The lowest BCUT2D eigenvalue weighted by molar-refractivity contribution is -0.125. The molecule has 28 heavy (non-hydrogen) atoms. The van der Waals surface area contributed by atoms with Crippen LogP contribution in [-0.2, 0) is 16.0 Å². The third kappa shape index (κ3) is 3.78. The standard InChI is InChI=1S/C21H21N3O4/c1-13(25)23-18(10-14-12-22-17-5-3-2-4-16(14)17)21(26)24-15-6-7-19-20(11-15)28-9-8-27-19/h2-7,11-12,18,22H,8-10H2,1H3,(H,23,25)(H,24,26). The molecule has 0 aliphatic carbocycles. The van der Waals surface area contributed by atoms with Gasteiger partial charge >= 0.3 is 0 Å². The summed E-state index contributed by atoms with van der Waals surface area (Å²) in [6.07, 6.45) is 2.25. The summed E-state index contributed by atoms with van der Waals surface area (Å²) in [5.41, 5.74) is 2.54. The van der Waals surface area contributed by atoms with Gasteiger partial charge in [-0.15, -0.1) is 0 Å². The molecule has 1 unspecified atom stereocenters. The molecule has 1 aromatic heterocycles. The van der Waals surface area contributed by atoms with E-state index in [1.807, 2.05) is 30.5 Å². The number of rotatable bonds is 5. The van der Waals surface area contributed by atoms with E-state index in [0.717, 1.165) is 16.5 Å². The smallest absolute Gasteiger partial charge is 0.247 e. The number of para-hydroxylation sites is 1. The van der Waals surface area contributed by atoms with Crippen LogP contribution in [0.5, 0.6) is 11.5 Å². The minimum Gasteiger partial charge on any atom is -0.486 e. The van der Waals surface area contributed by atoms with Crippen LogP contribution in [0.25, 0.3) is 10.9 Å². The van der Waals surface area contributed by atoms with Gasteiger partial charge in [-0.2, -0.15) is 0 Å². The van der Waals surface area contributed by atoms with Crippen LogP contribution in [0.3, 0.4) is 0 Å². The lowest BCUT2D eigenvalue weighted by Gasteiger charge is -2.20. The maximum Gasteiger partial charge on any atom is 0.247 e. The number of nitrogens with one attached hydrogen (secondary N) is 3. The fraction of sp³-hybridized carbons (Fsp3) is 0.238. The molecule has 0 spiro atoms. The topological polar surface area (TPSA) is 92.5 Å². The second-order valence-electron chi connectivity index (χ2n) is 6.66. The molecule has 2 heterocycles. The molecule has 0 saturated carbocycles. The van der Waals surface area contributed by atoms with Gasteiger partial charge in [0.1, 0.15) is 19.3 Å². The molecule has 144 valence electrons. The van der Waals surface area contributed by atoms with Gasteiger partial charge in [0.15, 0.2) is 11.5 Å². The Bertz CT molecular complexity index is 1030. The summed E-state index contributed by atoms with van der Waals surface area (Å²) in [7, 11) is 0. The Kier molecular flexibility index (Phi) is 4.89. The number of ether oxygens (including phenoxy) is 2. The van der Waals surface area contributed by atoms with Crippen LogP contribution in [0.2, 0.25) is 0 Å².